The van der Waals surface area contributed by atoms with E-state index in [9.17, 15) is 64.5 Å². The number of nitrogens with zero attached hydrogens (tertiary/aromatic N) is 6. The van der Waals surface area contributed by atoms with Crippen LogP contribution in [0.2, 0.25) is 0 Å². The Hall–Kier alpha value is -7.22. The predicted molar refractivity (Wildman–Crippen MR) is 258 cm³/mol. The summed E-state index contributed by atoms with van der Waals surface area (Å²) in [4.78, 5) is 61.1. The van der Waals surface area contributed by atoms with Crippen molar-refractivity contribution in [3.63, 3.8) is 0 Å². The minimum absolute atomic E-state index is 0.186. The quantitative estimate of drug-likeness (QED) is 0.0362. The van der Waals surface area contributed by atoms with E-state index in [0.717, 1.165) is 64.7 Å². The van der Waals surface area contributed by atoms with Gasteiger partial charge in [0, 0.05) is 73.9 Å². The van der Waals surface area contributed by atoms with Gasteiger partial charge in [-0.25, -0.2) is 33.0 Å². The number of rotatable bonds is 19. The second kappa shape index (κ2) is 24.6. The number of nitrogens with one attached hydrogen (secondary N) is 4. The topological polar surface area (TPSA) is 216 Å². The van der Waals surface area contributed by atoms with Crippen LogP contribution in [-0.2, 0) is 32.0 Å². The van der Waals surface area contributed by atoms with Crippen LogP contribution in [0.25, 0.3) is 11.1 Å². The van der Waals surface area contributed by atoms with Crippen LogP contribution in [0.3, 0.4) is 0 Å². The molecule has 4 atom stereocenters. The number of halogens is 10. The fourth-order valence-corrected chi connectivity index (χ4v) is 8.27. The Bertz CT molecular complexity index is 2790. The van der Waals surface area contributed by atoms with E-state index in [1.165, 1.54) is 29.6 Å². The van der Waals surface area contributed by atoms with Gasteiger partial charge in [-0.2, -0.15) is 40.2 Å². The number of aliphatic hydroxyl groups excluding tert-OH is 1. The van der Waals surface area contributed by atoms with Crippen LogP contribution in [0.1, 0.15) is 56.5 Å². The van der Waals surface area contributed by atoms with Crippen LogP contribution < -0.4 is 26.3 Å². The van der Waals surface area contributed by atoms with Gasteiger partial charge in [0.1, 0.15) is 29.5 Å². The van der Waals surface area contributed by atoms with E-state index in [4.69, 9.17) is 4.74 Å². The number of alkyl carbamates (subject to hydrolysis) is 1. The largest absolute Gasteiger partial charge is 0.465 e. The van der Waals surface area contributed by atoms with E-state index in [2.05, 4.69) is 41.8 Å². The van der Waals surface area contributed by atoms with Gasteiger partial charge in [0.05, 0.1) is 55.5 Å². The Morgan fingerprint density at radius 1 is 0.808 bits per heavy atom. The second-order valence-corrected chi connectivity index (χ2v) is 19.6. The summed E-state index contributed by atoms with van der Waals surface area (Å²) in [6.45, 7) is 1.38. The van der Waals surface area contributed by atoms with Crippen molar-refractivity contribution in [1.29, 1.82) is 0 Å². The number of carboxylic acid groups (broad SMARTS) is 1. The molecule has 0 aliphatic carbocycles. The van der Waals surface area contributed by atoms with Gasteiger partial charge in [0.15, 0.2) is 0 Å². The Labute approximate surface area is 440 Å². The van der Waals surface area contributed by atoms with Crippen molar-refractivity contribution in [1.82, 2.24) is 46.0 Å². The summed E-state index contributed by atoms with van der Waals surface area (Å²) in [7, 11) is 0.809. The molecular weight excluding hydrogens is 1060 g/mol. The lowest BCUT2D eigenvalue weighted by atomic mass is 9.82. The van der Waals surface area contributed by atoms with Crippen molar-refractivity contribution in [2.24, 2.45) is 10.8 Å². The second-order valence-electron chi connectivity index (χ2n) is 19.6. The van der Waals surface area contributed by atoms with Gasteiger partial charge < -0.3 is 40.5 Å². The first kappa shape index (κ1) is 60.0. The van der Waals surface area contributed by atoms with E-state index in [0.29, 0.717) is 62.0 Å². The molecule has 2 saturated heterocycles. The predicted octanol–water partition coefficient (Wildman–Crippen LogP) is 6.00. The molecule has 0 bridgehead atoms. The fraction of sp³-hybridized carbons (Fsp3) is 0.480. The van der Waals surface area contributed by atoms with E-state index in [1.54, 1.807) is 12.3 Å². The highest BCUT2D eigenvalue weighted by Crippen LogP contribution is 2.42. The number of alkyl halides is 8. The smallest absolute Gasteiger partial charge is 0.407 e. The monoisotopic (exact) mass is 1110 g/mol. The first-order valence-electron chi connectivity index (χ1n) is 23.9. The molecule has 2 aromatic heterocycles. The van der Waals surface area contributed by atoms with Gasteiger partial charge in [0.2, 0.25) is 5.91 Å². The molecule has 28 heteroatoms. The summed E-state index contributed by atoms with van der Waals surface area (Å²) in [5.41, 5.74) is -4.50. The van der Waals surface area contributed by atoms with Gasteiger partial charge in [-0.05, 0) is 81.6 Å². The van der Waals surface area contributed by atoms with Gasteiger partial charge in [0.25, 0.3) is 5.91 Å². The molecule has 4 unspecified atom stereocenters. The number of carbonyl (C=O) groups excluding carboxylic acids is 3. The summed E-state index contributed by atoms with van der Waals surface area (Å²) >= 11 is 0. The van der Waals surface area contributed by atoms with E-state index in [1.807, 2.05) is 16.8 Å². The van der Waals surface area contributed by atoms with E-state index < -0.39 is 115 Å². The molecule has 2 aliphatic heterocycles. The summed E-state index contributed by atoms with van der Waals surface area (Å²) in [5, 5.41) is 30.9. The molecule has 0 radical (unpaired) electrons. The molecule has 2 fully saturated rings. The lowest BCUT2D eigenvalue weighted by Gasteiger charge is -2.42. The molecule has 78 heavy (non-hydrogen) atoms. The van der Waals surface area contributed by atoms with Crippen LogP contribution in [0.15, 0.2) is 67.1 Å². The van der Waals surface area contributed by atoms with Crippen molar-refractivity contribution in [3.8, 4) is 23.0 Å². The molecule has 424 valence electrons. The Morgan fingerprint density at radius 2 is 1.38 bits per heavy atom. The van der Waals surface area contributed by atoms with Crippen molar-refractivity contribution in [2.75, 3.05) is 57.9 Å². The highest BCUT2D eigenvalue weighted by atomic mass is 19.4. The number of pyridine rings is 1. The molecule has 4 amide bonds. The number of aromatic nitrogens is 3. The molecule has 0 spiro atoms. The fourth-order valence-electron chi connectivity index (χ4n) is 8.27. The van der Waals surface area contributed by atoms with E-state index >= 15 is 8.78 Å². The molecule has 0 saturated carbocycles. The van der Waals surface area contributed by atoms with Crippen LogP contribution >= 0.6 is 0 Å². The molecule has 2 aromatic carbocycles. The normalized spacial score (nSPS) is 16.3. The third kappa shape index (κ3) is 14.7. The van der Waals surface area contributed by atoms with Crippen LogP contribution in [0.4, 0.5) is 59.3 Å². The number of hydrogen-bond acceptors (Lipinski definition) is 12. The minimum Gasteiger partial charge on any atom is -0.465 e. The van der Waals surface area contributed by atoms with Gasteiger partial charge in [-0.1, -0.05) is 24.0 Å². The first-order valence-corrected chi connectivity index (χ1v) is 23.9. The lowest BCUT2D eigenvalue weighted by molar-refractivity contribution is -0.221. The molecule has 6 N–H and O–H groups in total. The number of aliphatic hydroxyl groups is 1. The number of benzene rings is 2. The number of amides is 4. The van der Waals surface area contributed by atoms with Crippen molar-refractivity contribution in [2.45, 2.75) is 89.8 Å². The maximum Gasteiger partial charge on any atom is 0.407 e. The number of piperazine rings is 1. The average molecular weight is 1120 g/mol. The van der Waals surface area contributed by atoms with Crippen LogP contribution in [-0.4, -0.2) is 155 Å². The SMILES string of the molecule is COC(=O)NC(C(=O)NC(Cc1ccc(C#Cc2ccc(N3CCN(C4COC4)CC3)nc2)cc1)C(O)CN(Cc1c(F)cc(-c2cnn(C(F)F)c2)cc1F)NC(=O)C(NC(=O)O)C(C)(C)C(F)(F)F)C(C)(C)C(F)(F)F. The zero-order valence-corrected chi connectivity index (χ0v) is 42.5. The van der Waals surface area contributed by atoms with E-state index in [-0.39, 0.29) is 21.4 Å². The maximum atomic E-state index is 16.0. The molecule has 4 heterocycles. The summed E-state index contributed by atoms with van der Waals surface area (Å²) in [6, 6.07) is 4.43. The number of methoxy groups -OCH3 is 1. The third-order valence-corrected chi connectivity index (χ3v) is 13.5. The molecular formula is C50H56F10N10O8. The highest BCUT2D eigenvalue weighted by molar-refractivity contribution is 5.87. The maximum absolute atomic E-state index is 16.0. The van der Waals surface area contributed by atoms with Crippen LogP contribution in [0, 0.1) is 34.3 Å². The van der Waals surface area contributed by atoms with Gasteiger partial charge >= 0.3 is 31.1 Å². The zero-order valence-electron chi connectivity index (χ0n) is 42.5. The third-order valence-electron chi connectivity index (χ3n) is 13.5. The highest BCUT2D eigenvalue weighted by Gasteiger charge is 2.57. The minimum atomic E-state index is -5.28. The number of carbonyl (C=O) groups is 4. The number of anilines is 1. The number of ether oxygens (including phenoxy) is 2. The zero-order chi connectivity index (χ0) is 57.5. The Morgan fingerprint density at radius 3 is 1.88 bits per heavy atom. The lowest BCUT2D eigenvalue weighted by Crippen LogP contribution is -2.63. The molecule has 4 aromatic rings. The molecule has 2 aliphatic rings. The summed E-state index contributed by atoms with van der Waals surface area (Å²) in [5.74, 6) is 0.541. The number of hydrazine groups is 1. The first-order chi connectivity index (χ1) is 36.5. The van der Waals surface area contributed by atoms with Crippen molar-refractivity contribution >= 4 is 29.8 Å². The molecule has 6 rings (SSSR count). The summed E-state index contributed by atoms with van der Waals surface area (Å²) < 4.78 is 155. The number of hydrogen-bond donors (Lipinski definition) is 6. The standard InChI is InChI=1S/C50H56F10N10O8/c1-47(2,49(55,56)57)40(65-46(76)77-5)42(72)63-37(18-29-9-6-28(7-10-29)8-11-30-12-13-39(61-21-30)68-16-14-67(15-17-68)33-26-78-27-33)38(71)25-69(66-43(73)41(64-45(74)75)48(3,4)50(58,59)60)24-34-35(51)19-31(20-36(34)52)32-22-62-70(23-32)44(53)54/h6-7,9-10,12-13,19-23,33,37-38,40-41,44,64,71H,14-18,24-27H2,1-5H3,(H,63,72)(H,65,76)(H,66,73)(H,74,75). The Balaban J connectivity index is 1.31. The molecule has 18 nitrogen and oxygen atoms in total. The van der Waals surface area contributed by atoms with Gasteiger partial charge in [-0.3, -0.25) is 19.9 Å². The van der Waals surface area contributed by atoms with Crippen LogP contribution in [0.5, 0.6) is 0 Å². The van der Waals surface area contributed by atoms with Gasteiger partial charge in [-0.15, -0.1) is 0 Å². The Kier molecular flexibility index (Phi) is 18.9. The van der Waals surface area contributed by atoms with Crippen molar-refractivity contribution in [3.05, 3.63) is 101 Å². The van der Waals surface area contributed by atoms with Crippen molar-refractivity contribution < 1.29 is 82.8 Å². The summed E-state index contributed by atoms with van der Waals surface area (Å²) in [6.07, 6.45) is -13.5. The average Bonchev–Trinajstić information content (AvgIpc) is 3.86.